The van der Waals surface area contributed by atoms with E-state index >= 15 is 0 Å². The smallest absolute Gasteiger partial charge is 0.244 e. The number of hydrogen-bond donors (Lipinski definition) is 2. The predicted molar refractivity (Wildman–Crippen MR) is 97.5 cm³/mol. The summed E-state index contributed by atoms with van der Waals surface area (Å²) in [5, 5.41) is 2.69. The molecule has 7 heteroatoms. The third kappa shape index (κ3) is 4.58. The van der Waals surface area contributed by atoms with Crippen molar-refractivity contribution in [3.8, 4) is 5.75 Å². The third-order valence-corrected chi connectivity index (χ3v) is 5.33. The first-order chi connectivity index (χ1) is 11.7. The monoisotopic (exact) mass is 362 g/mol. The van der Waals surface area contributed by atoms with Gasteiger partial charge in [0.1, 0.15) is 10.6 Å². The maximum atomic E-state index is 12.5. The van der Waals surface area contributed by atoms with Crippen LogP contribution in [0.4, 0.5) is 5.69 Å². The minimum absolute atomic E-state index is 0.0155. The minimum Gasteiger partial charge on any atom is -0.495 e. The van der Waals surface area contributed by atoms with E-state index in [9.17, 15) is 13.2 Å². The molecular formula is C18H22N2O4S. The second-order valence-electron chi connectivity index (χ2n) is 5.77. The van der Waals surface area contributed by atoms with E-state index in [1.165, 1.54) is 13.2 Å². The van der Waals surface area contributed by atoms with Crippen molar-refractivity contribution < 1.29 is 17.9 Å². The molecule has 0 radical (unpaired) electrons. The van der Waals surface area contributed by atoms with E-state index in [-0.39, 0.29) is 17.2 Å². The molecule has 25 heavy (non-hydrogen) atoms. The molecule has 0 atom stereocenters. The standard InChI is InChI=1S/C18H22N2O4S/c1-12-7-5-6-8-15(12)20-18(21)11-19-25(22,23)17-10-14(3)13(2)9-16(17)24-4/h5-10,19H,11H2,1-4H3,(H,20,21). The average molecular weight is 362 g/mol. The molecule has 0 heterocycles. The number of carbonyl (C=O) groups excluding carboxylic acids is 1. The molecule has 0 aliphatic rings. The largest absolute Gasteiger partial charge is 0.495 e. The van der Waals surface area contributed by atoms with Gasteiger partial charge in [-0.05, 0) is 55.7 Å². The van der Waals surface area contributed by atoms with E-state index in [4.69, 9.17) is 4.74 Å². The highest BCUT2D eigenvalue weighted by Gasteiger charge is 2.21. The van der Waals surface area contributed by atoms with Crippen molar-refractivity contribution in [1.29, 1.82) is 0 Å². The lowest BCUT2D eigenvalue weighted by molar-refractivity contribution is -0.115. The summed E-state index contributed by atoms with van der Waals surface area (Å²) >= 11 is 0. The van der Waals surface area contributed by atoms with Gasteiger partial charge in [-0.25, -0.2) is 13.1 Å². The Morgan fingerprint density at radius 1 is 1.04 bits per heavy atom. The molecule has 0 saturated heterocycles. The molecule has 0 aromatic heterocycles. The second kappa shape index (κ2) is 7.67. The van der Waals surface area contributed by atoms with Crippen molar-refractivity contribution in [3.05, 3.63) is 53.1 Å². The fraction of sp³-hybridized carbons (Fsp3) is 0.278. The van der Waals surface area contributed by atoms with Gasteiger partial charge in [0.15, 0.2) is 0 Å². The predicted octanol–water partition coefficient (Wildman–Crippen LogP) is 2.54. The number of carbonyl (C=O) groups is 1. The second-order valence-corrected chi connectivity index (χ2v) is 7.51. The molecule has 0 fully saturated rings. The van der Waals surface area contributed by atoms with E-state index in [2.05, 4.69) is 10.0 Å². The number of para-hydroxylation sites is 1. The normalized spacial score (nSPS) is 11.2. The number of nitrogens with one attached hydrogen (secondary N) is 2. The van der Waals surface area contributed by atoms with Gasteiger partial charge in [0.25, 0.3) is 0 Å². The zero-order chi connectivity index (χ0) is 18.6. The fourth-order valence-electron chi connectivity index (χ4n) is 2.28. The molecule has 2 aromatic carbocycles. The topological polar surface area (TPSA) is 84.5 Å². The number of amides is 1. The maximum Gasteiger partial charge on any atom is 0.244 e. The molecule has 0 saturated carbocycles. The molecule has 0 spiro atoms. The highest BCUT2D eigenvalue weighted by Crippen LogP contribution is 2.27. The van der Waals surface area contributed by atoms with Crippen LogP contribution in [0.2, 0.25) is 0 Å². The van der Waals surface area contributed by atoms with Gasteiger partial charge in [0, 0.05) is 5.69 Å². The lowest BCUT2D eigenvalue weighted by atomic mass is 10.1. The summed E-state index contributed by atoms with van der Waals surface area (Å²) in [5.74, 6) is -0.199. The van der Waals surface area contributed by atoms with Crippen LogP contribution in [0.5, 0.6) is 5.75 Å². The SMILES string of the molecule is COc1cc(C)c(C)cc1S(=O)(=O)NCC(=O)Nc1ccccc1C. The Kier molecular flexibility index (Phi) is 5.81. The van der Waals surface area contributed by atoms with Gasteiger partial charge >= 0.3 is 0 Å². The van der Waals surface area contributed by atoms with Crippen LogP contribution in [-0.4, -0.2) is 28.0 Å². The van der Waals surface area contributed by atoms with E-state index in [1.54, 1.807) is 18.2 Å². The summed E-state index contributed by atoms with van der Waals surface area (Å²) in [4.78, 5) is 12.1. The van der Waals surface area contributed by atoms with Crippen molar-refractivity contribution in [3.63, 3.8) is 0 Å². The number of rotatable bonds is 6. The lowest BCUT2D eigenvalue weighted by Gasteiger charge is -2.13. The van der Waals surface area contributed by atoms with Crippen molar-refractivity contribution >= 4 is 21.6 Å². The molecule has 6 nitrogen and oxygen atoms in total. The van der Waals surface area contributed by atoms with E-state index in [1.807, 2.05) is 32.9 Å². The quantitative estimate of drug-likeness (QED) is 0.827. The zero-order valence-electron chi connectivity index (χ0n) is 14.7. The highest BCUT2D eigenvalue weighted by molar-refractivity contribution is 7.89. The van der Waals surface area contributed by atoms with Crippen molar-refractivity contribution in [1.82, 2.24) is 4.72 Å². The molecule has 2 aromatic rings. The summed E-state index contributed by atoms with van der Waals surface area (Å²) in [6.07, 6.45) is 0. The number of aryl methyl sites for hydroxylation is 3. The Balaban J connectivity index is 2.13. The molecular weight excluding hydrogens is 340 g/mol. The summed E-state index contributed by atoms with van der Waals surface area (Å²) in [6.45, 7) is 5.18. The fourth-order valence-corrected chi connectivity index (χ4v) is 3.49. The first kappa shape index (κ1) is 19.0. The molecule has 0 aliphatic carbocycles. The molecule has 134 valence electrons. The molecule has 0 aliphatic heterocycles. The van der Waals surface area contributed by atoms with Gasteiger partial charge in [-0.3, -0.25) is 4.79 Å². The minimum atomic E-state index is -3.88. The van der Waals surface area contributed by atoms with Gasteiger partial charge < -0.3 is 10.1 Å². The average Bonchev–Trinajstić information content (AvgIpc) is 2.57. The van der Waals surface area contributed by atoms with Crippen LogP contribution in [0.1, 0.15) is 16.7 Å². The Labute approximate surface area is 148 Å². The zero-order valence-corrected chi connectivity index (χ0v) is 15.5. The van der Waals surface area contributed by atoms with Gasteiger partial charge in [-0.1, -0.05) is 18.2 Å². The summed E-state index contributed by atoms with van der Waals surface area (Å²) < 4.78 is 32.5. The Morgan fingerprint density at radius 3 is 2.32 bits per heavy atom. The number of anilines is 1. The van der Waals surface area contributed by atoms with Crippen LogP contribution in [0, 0.1) is 20.8 Å². The third-order valence-electron chi connectivity index (χ3n) is 3.91. The van der Waals surface area contributed by atoms with E-state index in [0.717, 1.165) is 16.7 Å². The molecule has 0 bridgehead atoms. The number of ether oxygens (including phenoxy) is 1. The van der Waals surface area contributed by atoms with Gasteiger partial charge in [0.05, 0.1) is 13.7 Å². The summed E-state index contributed by atoms with van der Waals surface area (Å²) in [6, 6.07) is 10.5. The lowest BCUT2D eigenvalue weighted by Crippen LogP contribution is -2.33. The van der Waals surface area contributed by atoms with Crippen LogP contribution in [-0.2, 0) is 14.8 Å². The molecule has 0 unspecified atom stereocenters. The first-order valence-corrected chi connectivity index (χ1v) is 9.23. The number of benzene rings is 2. The van der Waals surface area contributed by atoms with Gasteiger partial charge in [-0.15, -0.1) is 0 Å². The van der Waals surface area contributed by atoms with Crippen LogP contribution in [0.25, 0.3) is 0 Å². The Bertz CT molecular complexity index is 892. The molecule has 1 amide bonds. The highest BCUT2D eigenvalue weighted by atomic mass is 32.2. The van der Waals surface area contributed by atoms with Crippen LogP contribution in [0.3, 0.4) is 0 Å². The first-order valence-electron chi connectivity index (χ1n) is 7.75. The number of sulfonamides is 1. The molecule has 2 rings (SSSR count). The Hall–Kier alpha value is -2.38. The van der Waals surface area contributed by atoms with Crippen LogP contribution >= 0.6 is 0 Å². The summed E-state index contributed by atoms with van der Waals surface area (Å²) in [7, 11) is -2.46. The van der Waals surface area contributed by atoms with Crippen LogP contribution in [0.15, 0.2) is 41.3 Å². The van der Waals surface area contributed by atoms with Crippen molar-refractivity contribution in [2.24, 2.45) is 0 Å². The van der Waals surface area contributed by atoms with Crippen molar-refractivity contribution in [2.45, 2.75) is 25.7 Å². The van der Waals surface area contributed by atoms with E-state index in [0.29, 0.717) is 5.69 Å². The molecule has 2 N–H and O–H groups in total. The van der Waals surface area contributed by atoms with E-state index < -0.39 is 15.9 Å². The number of hydrogen-bond acceptors (Lipinski definition) is 4. The summed E-state index contributed by atoms with van der Waals surface area (Å²) in [5.41, 5.74) is 3.30. The maximum absolute atomic E-state index is 12.5. The van der Waals surface area contributed by atoms with Gasteiger partial charge in [0.2, 0.25) is 15.9 Å². The van der Waals surface area contributed by atoms with Crippen molar-refractivity contribution in [2.75, 3.05) is 19.0 Å². The van der Waals surface area contributed by atoms with Gasteiger partial charge in [-0.2, -0.15) is 0 Å². The number of methoxy groups -OCH3 is 1. The Morgan fingerprint density at radius 2 is 1.68 bits per heavy atom. The van der Waals surface area contributed by atoms with Crippen LogP contribution < -0.4 is 14.8 Å².